The van der Waals surface area contributed by atoms with Crippen molar-refractivity contribution in [2.75, 3.05) is 7.11 Å². The number of aldehydes is 1. The maximum absolute atomic E-state index is 11.1. The Morgan fingerprint density at radius 2 is 2.20 bits per heavy atom. The van der Waals surface area contributed by atoms with E-state index in [1.807, 2.05) is 6.92 Å². The van der Waals surface area contributed by atoms with Crippen LogP contribution in [0.15, 0.2) is 12.1 Å². The second kappa shape index (κ2) is 4.94. The van der Waals surface area contributed by atoms with Gasteiger partial charge in [0.05, 0.1) is 18.6 Å². The summed E-state index contributed by atoms with van der Waals surface area (Å²) in [6.07, 6.45) is 0.860. The highest BCUT2D eigenvalue weighted by molar-refractivity contribution is 6.33. The van der Waals surface area contributed by atoms with E-state index in [2.05, 4.69) is 4.74 Å². The lowest BCUT2D eigenvalue weighted by molar-refractivity contribution is -0.139. The van der Waals surface area contributed by atoms with Gasteiger partial charge in [-0.15, -0.1) is 0 Å². The zero-order valence-electron chi connectivity index (χ0n) is 8.54. The Labute approximate surface area is 93.0 Å². The van der Waals surface area contributed by atoms with Crippen molar-refractivity contribution >= 4 is 23.9 Å². The second-order valence-corrected chi connectivity index (χ2v) is 3.58. The van der Waals surface area contributed by atoms with Crippen LogP contribution in [-0.4, -0.2) is 19.4 Å². The average Bonchev–Trinajstić information content (AvgIpc) is 2.22. The minimum absolute atomic E-state index is 0.168. The highest BCUT2D eigenvalue weighted by Crippen LogP contribution is 2.20. The van der Waals surface area contributed by atoms with E-state index in [1.165, 1.54) is 7.11 Å². The second-order valence-electron chi connectivity index (χ2n) is 3.17. The van der Waals surface area contributed by atoms with Crippen molar-refractivity contribution in [3.05, 3.63) is 33.8 Å². The van der Waals surface area contributed by atoms with Crippen LogP contribution in [0, 0.1) is 6.92 Å². The molecule has 3 nitrogen and oxygen atoms in total. The fraction of sp³-hybridized carbons (Fsp3) is 0.273. The molecule has 4 heteroatoms. The lowest BCUT2D eigenvalue weighted by atomic mass is 10.0. The fourth-order valence-electron chi connectivity index (χ4n) is 1.25. The highest BCUT2D eigenvalue weighted by atomic mass is 35.5. The van der Waals surface area contributed by atoms with Gasteiger partial charge in [0.15, 0.2) is 6.29 Å². The zero-order valence-corrected chi connectivity index (χ0v) is 9.30. The van der Waals surface area contributed by atoms with Crippen molar-refractivity contribution in [1.82, 2.24) is 0 Å². The Kier molecular flexibility index (Phi) is 3.86. The Bertz CT molecular complexity index is 399. The molecule has 0 radical (unpaired) electrons. The number of methoxy groups -OCH3 is 1. The molecule has 1 aromatic carbocycles. The van der Waals surface area contributed by atoms with Gasteiger partial charge in [0.25, 0.3) is 0 Å². The van der Waals surface area contributed by atoms with Gasteiger partial charge in [-0.25, -0.2) is 0 Å². The third-order valence-electron chi connectivity index (χ3n) is 2.14. The molecule has 15 heavy (non-hydrogen) atoms. The summed E-state index contributed by atoms with van der Waals surface area (Å²) in [5, 5.41) is 0.356. The third kappa shape index (κ3) is 2.80. The Hall–Kier alpha value is -1.35. The first-order valence-electron chi connectivity index (χ1n) is 4.39. The van der Waals surface area contributed by atoms with Crippen molar-refractivity contribution in [2.24, 2.45) is 0 Å². The maximum atomic E-state index is 11.1. The molecule has 0 aliphatic heterocycles. The molecule has 0 aliphatic rings. The van der Waals surface area contributed by atoms with Gasteiger partial charge < -0.3 is 4.74 Å². The molecule has 0 aliphatic carbocycles. The first kappa shape index (κ1) is 11.7. The smallest absolute Gasteiger partial charge is 0.309 e. The Balaban J connectivity index is 3.05. The van der Waals surface area contributed by atoms with Gasteiger partial charge in [-0.05, 0) is 30.2 Å². The summed E-state index contributed by atoms with van der Waals surface area (Å²) in [6.45, 7) is 1.82. The largest absolute Gasteiger partial charge is 0.469 e. The van der Waals surface area contributed by atoms with Gasteiger partial charge in [-0.3, -0.25) is 9.59 Å². The molecule has 1 rings (SSSR count). The van der Waals surface area contributed by atoms with Gasteiger partial charge >= 0.3 is 5.97 Å². The van der Waals surface area contributed by atoms with Crippen LogP contribution in [0.3, 0.4) is 0 Å². The number of benzene rings is 1. The topological polar surface area (TPSA) is 43.4 Å². The van der Waals surface area contributed by atoms with Crippen molar-refractivity contribution in [3.8, 4) is 0 Å². The number of halogens is 1. The van der Waals surface area contributed by atoms with E-state index < -0.39 is 0 Å². The molecule has 0 amide bonds. The number of carbonyl (C=O) groups is 2. The van der Waals surface area contributed by atoms with E-state index >= 15 is 0 Å². The lowest BCUT2D eigenvalue weighted by Gasteiger charge is -2.06. The van der Waals surface area contributed by atoms with E-state index in [0.717, 1.165) is 11.1 Å². The molecule has 0 N–H and O–H groups in total. The quantitative estimate of drug-likeness (QED) is 0.586. The molecular formula is C11H11ClO3. The van der Waals surface area contributed by atoms with Crippen LogP contribution < -0.4 is 0 Å². The van der Waals surface area contributed by atoms with Gasteiger partial charge in [0.1, 0.15) is 0 Å². The minimum atomic E-state index is -0.326. The predicted octanol–water partition coefficient (Wildman–Crippen LogP) is 2.18. The third-order valence-corrected chi connectivity index (χ3v) is 2.47. The highest BCUT2D eigenvalue weighted by Gasteiger charge is 2.09. The summed E-state index contributed by atoms with van der Waals surface area (Å²) in [7, 11) is 1.33. The summed E-state index contributed by atoms with van der Waals surface area (Å²) in [5.74, 6) is -0.326. The summed E-state index contributed by atoms with van der Waals surface area (Å²) in [6, 6.07) is 3.28. The minimum Gasteiger partial charge on any atom is -0.469 e. The molecule has 0 heterocycles. The summed E-state index contributed by atoms with van der Waals surface area (Å²) >= 11 is 5.84. The van der Waals surface area contributed by atoms with Gasteiger partial charge in [0.2, 0.25) is 0 Å². The number of hydrogen-bond acceptors (Lipinski definition) is 3. The van der Waals surface area contributed by atoms with Crippen LogP contribution in [-0.2, 0) is 16.0 Å². The normalized spacial score (nSPS) is 9.80. The molecule has 0 saturated heterocycles. The number of carbonyl (C=O) groups excluding carboxylic acids is 2. The Morgan fingerprint density at radius 3 is 2.73 bits per heavy atom. The standard InChI is InChI=1S/C11H11ClO3/c1-7-3-9(6-13)10(12)4-8(7)5-11(14)15-2/h3-4,6H,5H2,1-2H3. The zero-order chi connectivity index (χ0) is 11.4. The first-order chi connectivity index (χ1) is 7.08. The molecule has 0 fully saturated rings. The van der Waals surface area contributed by atoms with Gasteiger partial charge in [-0.2, -0.15) is 0 Å². The molecule has 0 spiro atoms. The van der Waals surface area contributed by atoms with E-state index in [1.54, 1.807) is 12.1 Å². The van der Waals surface area contributed by atoms with E-state index in [-0.39, 0.29) is 12.4 Å². The molecule has 0 aromatic heterocycles. The first-order valence-corrected chi connectivity index (χ1v) is 4.77. The molecule has 0 atom stereocenters. The average molecular weight is 227 g/mol. The summed E-state index contributed by atoms with van der Waals surface area (Å²) in [5.41, 5.74) is 2.06. The van der Waals surface area contributed by atoms with E-state index in [9.17, 15) is 9.59 Å². The summed E-state index contributed by atoms with van der Waals surface area (Å²) in [4.78, 5) is 21.7. The van der Waals surface area contributed by atoms with Gasteiger partial charge in [-0.1, -0.05) is 11.6 Å². The fourth-order valence-corrected chi connectivity index (χ4v) is 1.48. The maximum Gasteiger partial charge on any atom is 0.309 e. The molecule has 0 saturated carbocycles. The monoisotopic (exact) mass is 226 g/mol. The van der Waals surface area contributed by atoms with Gasteiger partial charge in [0, 0.05) is 5.56 Å². The number of aryl methyl sites for hydroxylation is 1. The summed E-state index contributed by atoms with van der Waals surface area (Å²) < 4.78 is 4.55. The number of esters is 1. The Morgan fingerprint density at radius 1 is 1.53 bits per heavy atom. The van der Waals surface area contributed by atoms with Crippen LogP contribution in [0.1, 0.15) is 21.5 Å². The predicted molar refractivity (Wildman–Crippen MR) is 57.3 cm³/mol. The number of rotatable bonds is 3. The molecule has 0 bridgehead atoms. The van der Waals surface area contributed by atoms with Crippen molar-refractivity contribution in [3.63, 3.8) is 0 Å². The van der Waals surface area contributed by atoms with E-state index in [4.69, 9.17) is 11.6 Å². The van der Waals surface area contributed by atoms with Crippen LogP contribution in [0.4, 0.5) is 0 Å². The van der Waals surface area contributed by atoms with E-state index in [0.29, 0.717) is 16.9 Å². The molecular weight excluding hydrogens is 216 g/mol. The van der Waals surface area contributed by atoms with Crippen molar-refractivity contribution in [1.29, 1.82) is 0 Å². The number of hydrogen-bond donors (Lipinski definition) is 0. The van der Waals surface area contributed by atoms with Crippen molar-refractivity contribution in [2.45, 2.75) is 13.3 Å². The molecule has 80 valence electrons. The van der Waals surface area contributed by atoms with Crippen LogP contribution in [0.25, 0.3) is 0 Å². The number of ether oxygens (including phenoxy) is 1. The van der Waals surface area contributed by atoms with Crippen molar-refractivity contribution < 1.29 is 14.3 Å². The van der Waals surface area contributed by atoms with Crippen LogP contribution >= 0.6 is 11.6 Å². The van der Waals surface area contributed by atoms with Crippen LogP contribution in [0.2, 0.25) is 5.02 Å². The molecule has 1 aromatic rings. The lowest BCUT2D eigenvalue weighted by Crippen LogP contribution is -2.06. The SMILES string of the molecule is COC(=O)Cc1cc(Cl)c(C=O)cc1C. The van der Waals surface area contributed by atoms with Crippen LogP contribution in [0.5, 0.6) is 0 Å². The molecule has 0 unspecified atom stereocenters.